The number of rotatable bonds is 1. The van der Waals surface area contributed by atoms with Crippen LogP contribution in [0.4, 0.5) is 0 Å². The molecule has 0 aromatic carbocycles. The topological polar surface area (TPSA) is 52.3 Å². The average molecular weight is 239 g/mol. The van der Waals surface area contributed by atoms with Gasteiger partial charge in [-0.05, 0) is 31.9 Å². The van der Waals surface area contributed by atoms with Crippen molar-refractivity contribution in [2.45, 2.75) is 32.0 Å². The Morgan fingerprint density at radius 1 is 1.38 bits per heavy atom. The van der Waals surface area contributed by atoms with Gasteiger partial charge >= 0.3 is 0 Å². The Kier molecular flexibility index (Phi) is 2.29. The highest BCUT2D eigenvalue weighted by Gasteiger charge is 2.27. The van der Waals surface area contributed by atoms with Gasteiger partial charge < -0.3 is 4.74 Å². The van der Waals surface area contributed by atoms with E-state index in [2.05, 4.69) is 22.2 Å². The highest BCUT2D eigenvalue weighted by Crippen LogP contribution is 2.31. The van der Waals surface area contributed by atoms with Crippen LogP contribution in [0.25, 0.3) is 5.65 Å². The van der Waals surface area contributed by atoms with E-state index in [1.165, 1.54) is 0 Å². The molecule has 0 amide bonds. The fourth-order valence-electron chi connectivity index (χ4n) is 1.98. The zero-order valence-corrected chi connectivity index (χ0v) is 9.55. The molecular formula is C10H11ClN4O. The summed E-state index contributed by atoms with van der Waals surface area (Å²) >= 11 is 5.85. The molecule has 1 fully saturated rings. The van der Waals surface area contributed by atoms with Gasteiger partial charge in [-0.1, -0.05) is 11.6 Å². The first-order chi connectivity index (χ1) is 7.74. The van der Waals surface area contributed by atoms with E-state index < -0.39 is 0 Å². The minimum atomic E-state index is -0.0176. The minimum absolute atomic E-state index is 0.0176. The van der Waals surface area contributed by atoms with Gasteiger partial charge in [0.2, 0.25) is 0 Å². The Morgan fingerprint density at radius 3 is 3.00 bits per heavy atom. The highest BCUT2D eigenvalue weighted by atomic mass is 35.5. The molecule has 1 aliphatic heterocycles. The van der Waals surface area contributed by atoms with E-state index in [1.54, 1.807) is 16.6 Å². The van der Waals surface area contributed by atoms with Gasteiger partial charge in [0.05, 0.1) is 6.10 Å². The summed E-state index contributed by atoms with van der Waals surface area (Å²) in [6.07, 6.45) is 2.25. The second kappa shape index (κ2) is 3.68. The third kappa shape index (κ3) is 1.56. The second-order valence-corrected chi connectivity index (χ2v) is 4.38. The Hall–Kier alpha value is -1.20. The Balaban J connectivity index is 2.06. The number of hydrogen-bond donors (Lipinski definition) is 0. The van der Waals surface area contributed by atoms with Crippen molar-refractivity contribution < 1.29 is 4.74 Å². The SMILES string of the molecule is CC1CCC(c2nnc3ccc(Cl)nn23)O1. The van der Waals surface area contributed by atoms with Crippen molar-refractivity contribution in [1.82, 2.24) is 19.8 Å². The van der Waals surface area contributed by atoms with Crippen LogP contribution >= 0.6 is 11.6 Å². The molecule has 2 unspecified atom stereocenters. The number of fused-ring (bicyclic) bond motifs is 1. The van der Waals surface area contributed by atoms with Crippen LogP contribution in [0.2, 0.25) is 5.15 Å². The van der Waals surface area contributed by atoms with E-state index in [0.29, 0.717) is 10.8 Å². The summed E-state index contributed by atoms with van der Waals surface area (Å²) in [5.74, 6) is 0.738. The van der Waals surface area contributed by atoms with Gasteiger partial charge in [-0.25, -0.2) is 0 Å². The molecule has 6 heteroatoms. The van der Waals surface area contributed by atoms with Crippen LogP contribution in [0.15, 0.2) is 12.1 Å². The molecule has 2 aromatic rings. The number of ether oxygens (including phenoxy) is 1. The molecule has 5 nitrogen and oxygen atoms in total. The molecule has 0 radical (unpaired) electrons. The summed E-state index contributed by atoms with van der Waals surface area (Å²) in [7, 11) is 0. The highest BCUT2D eigenvalue weighted by molar-refractivity contribution is 6.29. The van der Waals surface area contributed by atoms with Gasteiger partial charge in [0, 0.05) is 0 Å². The van der Waals surface area contributed by atoms with Crippen LogP contribution in [0.5, 0.6) is 0 Å². The van der Waals surface area contributed by atoms with Gasteiger partial charge in [-0.15, -0.1) is 10.2 Å². The second-order valence-electron chi connectivity index (χ2n) is 4.00. The molecule has 0 N–H and O–H groups in total. The number of aromatic nitrogens is 4. The molecule has 0 bridgehead atoms. The van der Waals surface area contributed by atoms with Crippen LogP contribution in [0.3, 0.4) is 0 Å². The Bertz CT molecular complexity index is 527. The fourth-order valence-corrected chi connectivity index (χ4v) is 2.12. The van der Waals surface area contributed by atoms with Crippen molar-refractivity contribution in [2.24, 2.45) is 0 Å². The normalized spacial score (nSPS) is 25.4. The van der Waals surface area contributed by atoms with E-state index in [0.717, 1.165) is 18.7 Å². The minimum Gasteiger partial charge on any atom is -0.367 e. The molecule has 16 heavy (non-hydrogen) atoms. The van der Waals surface area contributed by atoms with Crippen LogP contribution in [-0.4, -0.2) is 25.9 Å². The summed E-state index contributed by atoms with van der Waals surface area (Å²) in [4.78, 5) is 0. The van der Waals surface area contributed by atoms with Crippen molar-refractivity contribution in [2.75, 3.05) is 0 Å². The molecular weight excluding hydrogens is 228 g/mol. The molecule has 0 aliphatic carbocycles. The fraction of sp³-hybridized carbons (Fsp3) is 0.500. The molecule has 1 aliphatic rings. The summed E-state index contributed by atoms with van der Waals surface area (Å²) < 4.78 is 7.40. The summed E-state index contributed by atoms with van der Waals surface area (Å²) in [6.45, 7) is 2.06. The largest absolute Gasteiger partial charge is 0.367 e. The third-order valence-electron chi connectivity index (χ3n) is 2.77. The smallest absolute Gasteiger partial charge is 0.183 e. The lowest BCUT2D eigenvalue weighted by atomic mass is 10.2. The van der Waals surface area contributed by atoms with Gasteiger partial charge in [0.1, 0.15) is 11.3 Å². The summed E-state index contributed by atoms with van der Waals surface area (Å²) in [6, 6.07) is 3.50. The molecule has 3 heterocycles. The van der Waals surface area contributed by atoms with Gasteiger partial charge in [0.15, 0.2) is 11.5 Å². The van der Waals surface area contributed by atoms with E-state index in [9.17, 15) is 0 Å². The quantitative estimate of drug-likeness (QED) is 0.763. The summed E-state index contributed by atoms with van der Waals surface area (Å²) in [5, 5.41) is 12.8. The Morgan fingerprint density at radius 2 is 2.25 bits per heavy atom. The lowest BCUT2D eigenvalue weighted by molar-refractivity contribution is 0.0491. The maximum absolute atomic E-state index is 5.85. The lowest BCUT2D eigenvalue weighted by Crippen LogP contribution is -2.07. The van der Waals surface area contributed by atoms with Crippen LogP contribution in [0.1, 0.15) is 31.7 Å². The molecule has 0 spiro atoms. The maximum atomic E-state index is 5.85. The molecule has 84 valence electrons. The standard InChI is InChI=1S/C10H11ClN4O/c1-6-2-3-7(16-6)10-13-12-9-5-4-8(11)14-15(9)10/h4-7H,2-3H2,1H3. The molecule has 2 atom stereocenters. The number of hydrogen-bond acceptors (Lipinski definition) is 4. The van der Waals surface area contributed by atoms with E-state index >= 15 is 0 Å². The monoisotopic (exact) mass is 238 g/mol. The van der Waals surface area contributed by atoms with Crippen molar-refractivity contribution >= 4 is 17.2 Å². The first-order valence-electron chi connectivity index (χ1n) is 5.27. The van der Waals surface area contributed by atoms with Crippen molar-refractivity contribution in [3.63, 3.8) is 0 Å². The zero-order chi connectivity index (χ0) is 11.1. The molecule has 0 saturated carbocycles. The maximum Gasteiger partial charge on any atom is 0.183 e. The van der Waals surface area contributed by atoms with Crippen molar-refractivity contribution in [1.29, 1.82) is 0 Å². The van der Waals surface area contributed by atoms with Crippen LogP contribution < -0.4 is 0 Å². The number of halogens is 1. The van der Waals surface area contributed by atoms with Crippen LogP contribution in [0, 0.1) is 0 Å². The van der Waals surface area contributed by atoms with E-state index in [4.69, 9.17) is 16.3 Å². The molecule has 2 aromatic heterocycles. The van der Waals surface area contributed by atoms with E-state index in [-0.39, 0.29) is 12.2 Å². The van der Waals surface area contributed by atoms with Crippen molar-refractivity contribution in [3.8, 4) is 0 Å². The van der Waals surface area contributed by atoms with Gasteiger partial charge in [0.25, 0.3) is 0 Å². The first-order valence-corrected chi connectivity index (χ1v) is 5.65. The van der Waals surface area contributed by atoms with Crippen LogP contribution in [-0.2, 0) is 4.74 Å². The van der Waals surface area contributed by atoms with E-state index in [1.807, 2.05) is 0 Å². The third-order valence-corrected chi connectivity index (χ3v) is 2.98. The predicted molar refractivity (Wildman–Crippen MR) is 58.3 cm³/mol. The predicted octanol–water partition coefficient (Wildman–Crippen LogP) is 2.02. The summed E-state index contributed by atoms with van der Waals surface area (Å²) in [5.41, 5.74) is 0.697. The number of nitrogens with zero attached hydrogens (tertiary/aromatic N) is 4. The zero-order valence-electron chi connectivity index (χ0n) is 8.80. The van der Waals surface area contributed by atoms with Gasteiger partial charge in [-0.3, -0.25) is 0 Å². The lowest BCUT2D eigenvalue weighted by Gasteiger charge is -2.08. The van der Waals surface area contributed by atoms with Gasteiger partial charge in [-0.2, -0.15) is 9.61 Å². The van der Waals surface area contributed by atoms with Crippen molar-refractivity contribution in [3.05, 3.63) is 23.1 Å². The first kappa shape index (κ1) is 9.99. The Labute approximate surface area is 97.4 Å². The molecule has 1 saturated heterocycles. The molecule has 3 rings (SSSR count). The average Bonchev–Trinajstić information content (AvgIpc) is 2.83.